The first-order valence-electron chi connectivity index (χ1n) is 3.75. The third kappa shape index (κ3) is 2.48. The fraction of sp³-hybridized carbons (Fsp3) is 0. The van der Waals surface area contributed by atoms with Crippen molar-refractivity contribution in [2.24, 2.45) is 10.5 Å². The van der Waals surface area contributed by atoms with Crippen LogP contribution < -0.4 is 0 Å². The van der Waals surface area contributed by atoms with Crippen LogP contribution in [0.4, 0.5) is 4.48 Å². The molecule has 1 aromatic carbocycles. The predicted octanol–water partition coefficient (Wildman–Crippen LogP) is 2.45. The van der Waals surface area contributed by atoms with Crippen molar-refractivity contribution >= 4 is 11.5 Å². The summed E-state index contributed by atoms with van der Waals surface area (Å²) < 4.78 is 11.4. The van der Waals surface area contributed by atoms with E-state index in [9.17, 15) is 9.28 Å². The number of benzene rings is 1. The zero-order chi connectivity index (χ0) is 10.4. The van der Waals surface area contributed by atoms with Crippen LogP contribution in [-0.4, -0.2) is 11.1 Å². The van der Waals surface area contributed by atoms with Crippen LogP contribution in [-0.2, 0) is 4.79 Å². The van der Waals surface area contributed by atoms with Gasteiger partial charge in [0.15, 0.2) is 0 Å². The average molecular weight is 194 g/mol. The van der Waals surface area contributed by atoms with Gasteiger partial charge in [0.25, 0.3) is 0 Å². The first-order chi connectivity index (χ1) is 6.75. The fourth-order valence-corrected chi connectivity index (χ4v) is 0.950. The number of rotatable bonds is 3. The van der Waals surface area contributed by atoms with E-state index in [1.54, 1.807) is 30.3 Å². The molecule has 0 atom stereocenters. The molecule has 0 saturated carbocycles. The molecule has 0 saturated heterocycles. The summed E-state index contributed by atoms with van der Waals surface area (Å²) in [6, 6.07) is 8.29. The Balaban J connectivity index is 3.07. The minimum absolute atomic E-state index is 0.105. The van der Waals surface area contributed by atoms with E-state index in [0.717, 1.165) is 6.20 Å². The van der Waals surface area contributed by atoms with Gasteiger partial charge in [0, 0.05) is 5.34 Å². The minimum atomic E-state index is -1.18. The zero-order valence-electron chi connectivity index (χ0n) is 7.09. The lowest BCUT2D eigenvalue weighted by molar-refractivity contribution is -0.130. The molecular formula is C9H7FN2O2. The van der Waals surface area contributed by atoms with E-state index in [2.05, 4.69) is 5.11 Å². The number of carboxylic acids is 1. The Morgan fingerprint density at radius 3 is 2.50 bits per heavy atom. The van der Waals surface area contributed by atoms with Crippen molar-refractivity contribution in [2.75, 3.05) is 0 Å². The molecule has 0 aromatic heterocycles. The number of halogens is 1. The van der Waals surface area contributed by atoms with E-state index in [-0.39, 0.29) is 5.57 Å². The summed E-state index contributed by atoms with van der Waals surface area (Å²) in [6.45, 7) is 0. The Kier molecular flexibility index (Phi) is 3.49. The predicted molar refractivity (Wildman–Crippen MR) is 48.0 cm³/mol. The van der Waals surface area contributed by atoms with Crippen molar-refractivity contribution in [2.45, 2.75) is 0 Å². The van der Waals surface area contributed by atoms with Crippen LogP contribution in [0.5, 0.6) is 0 Å². The summed E-state index contributed by atoms with van der Waals surface area (Å²) in [4.78, 5) is 10.7. The van der Waals surface area contributed by atoms with Crippen molar-refractivity contribution in [3.8, 4) is 0 Å². The Bertz CT molecular complexity index is 374. The van der Waals surface area contributed by atoms with Gasteiger partial charge in [-0.1, -0.05) is 34.8 Å². The third-order valence-corrected chi connectivity index (χ3v) is 1.55. The number of hydrogen-bond donors (Lipinski definition) is 1. The van der Waals surface area contributed by atoms with Gasteiger partial charge in [-0.2, -0.15) is 0 Å². The molecule has 72 valence electrons. The molecule has 5 heteroatoms. The summed E-state index contributed by atoms with van der Waals surface area (Å²) in [7, 11) is 0. The normalized spacial score (nSPS) is 11.9. The van der Waals surface area contributed by atoms with E-state index in [1.165, 1.54) is 0 Å². The van der Waals surface area contributed by atoms with Gasteiger partial charge in [-0.05, 0) is 5.56 Å². The number of carbonyl (C=O) groups is 1. The van der Waals surface area contributed by atoms with E-state index in [1.807, 2.05) is 5.34 Å². The summed E-state index contributed by atoms with van der Waals surface area (Å²) in [5, 5.41) is 13.6. The molecule has 0 unspecified atom stereocenters. The Labute approximate surface area is 79.3 Å². The van der Waals surface area contributed by atoms with Gasteiger partial charge in [0.1, 0.15) is 0 Å². The lowest BCUT2D eigenvalue weighted by atomic mass is 10.1. The molecule has 0 fully saturated rings. The van der Waals surface area contributed by atoms with E-state index in [4.69, 9.17) is 5.11 Å². The molecule has 0 aliphatic heterocycles. The SMILES string of the molecule is O=C(O)C(=CN=NF)c1ccccc1. The molecule has 1 rings (SSSR count). The molecule has 4 nitrogen and oxygen atoms in total. The topological polar surface area (TPSA) is 62.0 Å². The summed E-state index contributed by atoms with van der Waals surface area (Å²) in [5.41, 5.74) is 0.347. The lowest BCUT2D eigenvalue weighted by Crippen LogP contribution is -1.98. The van der Waals surface area contributed by atoms with Gasteiger partial charge in [0.2, 0.25) is 0 Å². The second-order valence-corrected chi connectivity index (χ2v) is 2.41. The van der Waals surface area contributed by atoms with Gasteiger partial charge in [0.05, 0.1) is 11.8 Å². The van der Waals surface area contributed by atoms with Crippen LogP contribution in [0.25, 0.3) is 5.57 Å². The maximum absolute atomic E-state index is 11.4. The highest BCUT2D eigenvalue weighted by Crippen LogP contribution is 2.14. The summed E-state index contributed by atoms with van der Waals surface area (Å²) in [6.07, 6.45) is 0.859. The van der Waals surface area contributed by atoms with Crippen LogP contribution >= 0.6 is 0 Å². The van der Waals surface area contributed by atoms with Crippen molar-refractivity contribution in [3.05, 3.63) is 42.1 Å². The summed E-state index contributed by atoms with van der Waals surface area (Å²) in [5.74, 6) is -1.18. The lowest BCUT2D eigenvalue weighted by Gasteiger charge is -1.98. The van der Waals surface area contributed by atoms with Crippen LogP contribution in [0.2, 0.25) is 0 Å². The van der Waals surface area contributed by atoms with Gasteiger partial charge < -0.3 is 5.11 Å². The molecule has 14 heavy (non-hydrogen) atoms. The minimum Gasteiger partial charge on any atom is -0.478 e. The molecule has 0 radical (unpaired) electrons. The molecule has 0 bridgehead atoms. The number of aliphatic carboxylic acids is 1. The quantitative estimate of drug-likeness (QED) is 0.593. The average Bonchev–Trinajstić information content (AvgIpc) is 2.19. The smallest absolute Gasteiger partial charge is 0.337 e. The van der Waals surface area contributed by atoms with Crippen LogP contribution in [0.3, 0.4) is 0 Å². The Morgan fingerprint density at radius 2 is 2.00 bits per heavy atom. The maximum atomic E-state index is 11.4. The molecule has 0 aliphatic rings. The van der Waals surface area contributed by atoms with E-state index < -0.39 is 5.97 Å². The molecule has 0 aliphatic carbocycles. The Hall–Kier alpha value is -2.04. The van der Waals surface area contributed by atoms with Gasteiger partial charge >= 0.3 is 5.97 Å². The van der Waals surface area contributed by atoms with E-state index >= 15 is 0 Å². The largest absolute Gasteiger partial charge is 0.478 e. The molecule has 0 spiro atoms. The molecule has 1 N–H and O–H groups in total. The van der Waals surface area contributed by atoms with Gasteiger partial charge in [-0.3, -0.25) is 0 Å². The molecule has 0 heterocycles. The third-order valence-electron chi connectivity index (χ3n) is 1.55. The first-order valence-corrected chi connectivity index (χ1v) is 3.75. The molecule has 0 amide bonds. The second-order valence-electron chi connectivity index (χ2n) is 2.41. The number of hydrogen-bond acceptors (Lipinski definition) is 3. The second kappa shape index (κ2) is 4.86. The molecular weight excluding hydrogens is 187 g/mol. The monoisotopic (exact) mass is 194 g/mol. The van der Waals surface area contributed by atoms with Crippen molar-refractivity contribution in [3.63, 3.8) is 0 Å². The summed E-state index contributed by atoms with van der Waals surface area (Å²) >= 11 is 0. The van der Waals surface area contributed by atoms with Crippen LogP contribution in [0.15, 0.2) is 47.0 Å². The highest BCUT2D eigenvalue weighted by Gasteiger charge is 2.08. The first kappa shape index (κ1) is 10.0. The Morgan fingerprint density at radius 1 is 1.36 bits per heavy atom. The zero-order valence-corrected chi connectivity index (χ0v) is 7.09. The highest BCUT2D eigenvalue weighted by molar-refractivity contribution is 6.15. The van der Waals surface area contributed by atoms with Gasteiger partial charge in [-0.15, -0.1) is 5.11 Å². The van der Waals surface area contributed by atoms with Crippen molar-refractivity contribution in [1.82, 2.24) is 0 Å². The highest BCUT2D eigenvalue weighted by atomic mass is 19.2. The van der Waals surface area contributed by atoms with Crippen molar-refractivity contribution < 1.29 is 14.4 Å². The van der Waals surface area contributed by atoms with Crippen molar-refractivity contribution in [1.29, 1.82) is 0 Å². The molecule has 1 aromatic rings. The van der Waals surface area contributed by atoms with Crippen LogP contribution in [0.1, 0.15) is 5.56 Å². The van der Waals surface area contributed by atoms with Crippen LogP contribution in [0, 0.1) is 0 Å². The van der Waals surface area contributed by atoms with Gasteiger partial charge in [-0.25, -0.2) is 4.79 Å². The van der Waals surface area contributed by atoms with E-state index in [0.29, 0.717) is 5.56 Å². The maximum Gasteiger partial charge on any atom is 0.337 e. The number of nitrogens with zero attached hydrogens (tertiary/aromatic N) is 2. The fourth-order valence-electron chi connectivity index (χ4n) is 0.950. The number of carboxylic acid groups (broad SMARTS) is 1. The standard InChI is InChI=1S/C9H7FN2O2/c10-12-11-6-8(9(13)14)7-4-2-1-3-5-7/h1-6H,(H,13,14).